The van der Waals surface area contributed by atoms with Crippen molar-refractivity contribution in [3.63, 3.8) is 0 Å². The summed E-state index contributed by atoms with van der Waals surface area (Å²) in [5, 5.41) is 3.25. The highest BCUT2D eigenvalue weighted by atomic mass is 16.1. The van der Waals surface area contributed by atoms with Crippen LogP contribution < -0.4 is 11.1 Å². The summed E-state index contributed by atoms with van der Waals surface area (Å²) >= 11 is 0. The fraction of sp³-hybridized carbons (Fsp3) is 0.917. The average molecular weight is 225 g/mol. The number of primary amides is 1. The van der Waals surface area contributed by atoms with Gasteiger partial charge in [-0.2, -0.15) is 0 Å². The number of nitrogens with one attached hydrogen (secondary N) is 1. The average Bonchev–Trinajstić information content (AvgIpc) is 2.77. The van der Waals surface area contributed by atoms with Crippen LogP contribution in [0.3, 0.4) is 0 Å². The fourth-order valence-corrected chi connectivity index (χ4v) is 3.11. The van der Waals surface area contributed by atoms with Crippen molar-refractivity contribution < 1.29 is 4.79 Å². The monoisotopic (exact) mass is 225 g/mol. The van der Waals surface area contributed by atoms with E-state index in [2.05, 4.69) is 10.2 Å². The summed E-state index contributed by atoms with van der Waals surface area (Å²) in [5.74, 6) is 0.647. The minimum atomic E-state index is -0.225. The first kappa shape index (κ1) is 11.9. The molecule has 3 N–H and O–H groups in total. The molecule has 2 bridgehead atoms. The lowest BCUT2D eigenvalue weighted by Gasteiger charge is -2.30. The molecule has 0 aromatic carbocycles. The molecule has 0 spiro atoms. The number of carbonyl (C=O) groups excluding carboxylic acids is 1. The van der Waals surface area contributed by atoms with Crippen molar-refractivity contribution in [3.8, 4) is 0 Å². The van der Waals surface area contributed by atoms with E-state index in [9.17, 15) is 4.79 Å². The van der Waals surface area contributed by atoms with Gasteiger partial charge in [-0.1, -0.05) is 13.8 Å². The maximum absolute atomic E-state index is 11.4. The Bertz CT molecular complexity index is 267. The molecule has 3 atom stereocenters. The van der Waals surface area contributed by atoms with Gasteiger partial charge in [0, 0.05) is 25.2 Å². The standard InChI is InChI=1S/C12H23N3O/c1-8(2)14-11(12(13)16)7-15-6-9-3-4-10(15)5-9/h8-11,14H,3-7H2,1-2H3,(H2,13,16). The van der Waals surface area contributed by atoms with Crippen molar-refractivity contribution in [2.45, 2.75) is 51.2 Å². The molecule has 2 rings (SSSR count). The highest BCUT2D eigenvalue weighted by Crippen LogP contribution is 2.37. The van der Waals surface area contributed by atoms with Gasteiger partial charge in [-0.25, -0.2) is 0 Å². The maximum atomic E-state index is 11.4. The van der Waals surface area contributed by atoms with Crippen LogP contribution in [0.1, 0.15) is 33.1 Å². The Morgan fingerprint density at radius 2 is 2.25 bits per heavy atom. The molecule has 0 radical (unpaired) electrons. The Balaban J connectivity index is 1.88. The van der Waals surface area contributed by atoms with E-state index in [0.29, 0.717) is 12.1 Å². The first-order valence-electron chi connectivity index (χ1n) is 6.35. The number of rotatable bonds is 5. The van der Waals surface area contributed by atoms with Crippen LogP contribution in [0.15, 0.2) is 0 Å². The highest BCUT2D eigenvalue weighted by Gasteiger charge is 2.38. The highest BCUT2D eigenvalue weighted by molar-refractivity contribution is 5.80. The minimum absolute atomic E-state index is 0.195. The topological polar surface area (TPSA) is 58.4 Å². The second-order valence-electron chi connectivity index (χ2n) is 5.56. The van der Waals surface area contributed by atoms with Gasteiger partial charge in [-0.05, 0) is 25.2 Å². The summed E-state index contributed by atoms with van der Waals surface area (Å²) in [6.45, 7) is 6.04. The molecule has 1 aliphatic heterocycles. The zero-order chi connectivity index (χ0) is 11.7. The summed E-state index contributed by atoms with van der Waals surface area (Å²) < 4.78 is 0. The molecule has 1 aliphatic carbocycles. The van der Waals surface area contributed by atoms with Gasteiger partial charge in [0.25, 0.3) is 0 Å². The molecule has 2 fully saturated rings. The first-order valence-corrected chi connectivity index (χ1v) is 6.35. The Morgan fingerprint density at radius 3 is 2.69 bits per heavy atom. The van der Waals surface area contributed by atoms with Crippen LogP contribution in [0, 0.1) is 5.92 Å². The summed E-state index contributed by atoms with van der Waals surface area (Å²) in [7, 11) is 0. The molecule has 4 nitrogen and oxygen atoms in total. The molecular formula is C12H23N3O. The van der Waals surface area contributed by atoms with E-state index in [1.165, 1.54) is 19.3 Å². The number of amides is 1. The number of nitrogens with zero attached hydrogens (tertiary/aromatic N) is 1. The molecule has 1 amide bonds. The number of carbonyl (C=O) groups is 1. The van der Waals surface area contributed by atoms with Crippen LogP contribution in [-0.4, -0.2) is 42.0 Å². The Morgan fingerprint density at radius 1 is 1.50 bits per heavy atom. The van der Waals surface area contributed by atoms with Crippen molar-refractivity contribution in [1.82, 2.24) is 10.2 Å². The molecule has 4 heteroatoms. The molecule has 92 valence electrons. The molecule has 1 heterocycles. The molecule has 1 saturated carbocycles. The second kappa shape index (κ2) is 4.72. The number of piperidine rings is 1. The largest absolute Gasteiger partial charge is 0.368 e. The van der Waals surface area contributed by atoms with E-state index < -0.39 is 0 Å². The van der Waals surface area contributed by atoms with E-state index in [1.807, 2.05) is 13.8 Å². The minimum Gasteiger partial charge on any atom is -0.368 e. The summed E-state index contributed by atoms with van der Waals surface area (Å²) in [6.07, 6.45) is 4.00. The van der Waals surface area contributed by atoms with E-state index in [0.717, 1.165) is 19.0 Å². The van der Waals surface area contributed by atoms with Gasteiger partial charge in [-0.3, -0.25) is 9.69 Å². The smallest absolute Gasteiger partial charge is 0.235 e. The molecule has 3 unspecified atom stereocenters. The third-order valence-corrected chi connectivity index (χ3v) is 3.82. The van der Waals surface area contributed by atoms with Gasteiger partial charge in [0.2, 0.25) is 5.91 Å². The summed E-state index contributed by atoms with van der Waals surface area (Å²) in [4.78, 5) is 13.8. The van der Waals surface area contributed by atoms with Gasteiger partial charge in [0.1, 0.15) is 0 Å². The number of hydrogen-bond donors (Lipinski definition) is 2. The van der Waals surface area contributed by atoms with Crippen molar-refractivity contribution in [2.75, 3.05) is 13.1 Å². The number of likely N-dealkylation sites (tertiary alicyclic amines) is 1. The third kappa shape index (κ3) is 2.55. The molecule has 2 aliphatic rings. The van der Waals surface area contributed by atoms with Crippen molar-refractivity contribution in [2.24, 2.45) is 11.7 Å². The lowest BCUT2D eigenvalue weighted by Crippen LogP contribution is -2.52. The molecule has 1 saturated heterocycles. The van der Waals surface area contributed by atoms with E-state index in [1.54, 1.807) is 0 Å². The van der Waals surface area contributed by atoms with Gasteiger partial charge in [-0.15, -0.1) is 0 Å². The SMILES string of the molecule is CC(C)NC(CN1CC2CCC1C2)C(N)=O. The molecule has 16 heavy (non-hydrogen) atoms. The molecular weight excluding hydrogens is 202 g/mol. The lowest BCUT2D eigenvalue weighted by atomic mass is 10.1. The van der Waals surface area contributed by atoms with Crippen molar-refractivity contribution >= 4 is 5.91 Å². The van der Waals surface area contributed by atoms with Crippen LogP contribution in [0.2, 0.25) is 0 Å². The summed E-state index contributed by atoms with van der Waals surface area (Å²) in [6, 6.07) is 0.817. The van der Waals surface area contributed by atoms with Crippen molar-refractivity contribution in [3.05, 3.63) is 0 Å². The van der Waals surface area contributed by atoms with Crippen LogP contribution in [0.25, 0.3) is 0 Å². The lowest BCUT2D eigenvalue weighted by molar-refractivity contribution is -0.120. The van der Waals surface area contributed by atoms with Gasteiger partial charge < -0.3 is 11.1 Å². The zero-order valence-electron chi connectivity index (χ0n) is 10.3. The van der Waals surface area contributed by atoms with E-state index in [-0.39, 0.29) is 11.9 Å². The van der Waals surface area contributed by atoms with Crippen LogP contribution in [0.5, 0.6) is 0 Å². The third-order valence-electron chi connectivity index (χ3n) is 3.82. The summed E-state index contributed by atoms with van der Waals surface area (Å²) in [5.41, 5.74) is 5.43. The van der Waals surface area contributed by atoms with Crippen LogP contribution in [-0.2, 0) is 4.79 Å². The zero-order valence-corrected chi connectivity index (χ0v) is 10.3. The quantitative estimate of drug-likeness (QED) is 0.708. The van der Waals surface area contributed by atoms with Crippen LogP contribution >= 0.6 is 0 Å². The second-order valence-corrected chi connectivity index (χ2v) is 5.56. The van der Waals surface area contributed by atoms with E-state index >= 15 is 0 Å². The van der Waals surface area contributed by atoms with Gasteiger partial charge in [0.15, 0.2) is 0 Å². The Hall–Kier alpha value is -0.610. The Labute approximate surface area is 97.6 Å². The van der Waals surface area contributed by atoms with E-state index in [4.69, 9.17) is 5.73 Å². The normalized spacial score (nSPS) is 31.2. The fourth-order valence-electron chi connectivity index (χ4n) is 3.11. The molecule has 0 aromatic rings. The van der Waals surface area contributed by atoms with Gasteiger partial charge in [0.05, 0.1) is 6.04 Å². The first-order chi connectivity index (χ1) is 7.56. The number of fused-ring (bicyclic) bond motifs is 2. The molecule has 0 aromatic heterocycles. The Kier molecular flexibility index (Phi) is 3.50. The number of hydrogen-bond acceptors (Lipinski definition) is 3. The van der Waals surface area contributed by atoms with Gasteiger partial charge >= 0.3 is 0 Å². The predicted octanol–water partition coefficient (Wildman–Crippen LogP) is 0.323. The maximum Gasteiger partial charge on any atom is 0.235 e. The van der Waals surface area contributed by atoms with Crippen LogP contribution in [0.4, 0.5) is 0 Å². The predicted molar refractivity (Wildman–Crippen MR) is 64.0 cm³/mol. The van der Waals surface area contributed by atoms with Crippen molar-refractivity contribution in [1.29, 1.82) is 0 Å². The number of nitrogens with two attached hydrogens (primary N) is 1.